The van der Waals surface area contributed by atoms with Gasteiger partial charge in [0.25, 0.3) is 5.91 Å². The van der Waals surface area contributed by atoms with Crippen LogP contribution in [0.4, 0.5) is 11.5 Å². The normalized spacial score (nSPS) is 10.7. The summed E-state index contributed by atoms with van der Waals surface area (Å²) in [6.45, 7) is 0. The zero-order valence-electron chi connectivity index (χ0n) is 14.3. The van der Waals surface area contributed by atoms with Gasteiger partial charge in [-0.1, -0.05) is 11.8 Å². The van der Waals surface area contributed by atoms with Crippen LogP contribution in [-0.4, -0.2) is 34.5 Å². The Balaban J connectivity index is 1.66. The van der Waals surface area contributed by atoms with Crippen LogP contribution in [0.3, 0.4) is 0 Å². The van der Waals surface area contributed by atoms with E-state index in [4.69, 9.17) is 4.42 Å². The lowest BCUT2D eigenvalue weighted by molar-refractivity contribution is 0.0995. The molecule has 3 aromatic rings. The summed E-state index contributed by atoms with van der Waals surface area (Å²) in [7, 11) is 5.68. The fraction of sp³-hybridized carbons (Fsp3) is 0.235. The lowest BCUT2D eigenvalue weighted by Gasteiger charge is -2.15. The Morgan fingerprint density at radius 2 is 2.12 bits per heavy atom. The van der Waals surface area contributed by atoms with Gasteiger partial charge in [-0.3, -0.25) is 4.79 Å². The van der Waals surface area contributed by atoms with Crippen LogP contribution >= 0.6 is 11.8 Å². The number of aryl methyl sites for hydroxylation is 1. The minimum Gasteiger partial charge on any atom is -0.455 e. The third kappa shape index (κ3) is 4.03. The van der Waals surface area contributed by atoms with E-state index >= 15 is 0 Å². The van der Waals surface area contributed by atoms with E-state index in [9.17, 15) is 4.79 Å². The summed E-state index contributed by atoms with van der Waals surface area (Å²) in [6.07, 6.45) is 5.32. The van der Waals surface area contributed by atoms with E-state index in [0.717, 1.165) is 10.9 Å². The minimum atomic E-state index is -0.302. The van der Waals surface area contributed by atoms with Crippen molar-refractivity contribution in [3.63, 3.8) is 0 Å². The molecule has 8 heteroatoms. The van der Waals surface area contributed by atoms with Crippen molar-refractivity contribution in [2.75, 3.05) is 24.3 Å². The van der Waals surface area contributed by atoms with Crippen LogP contribution in [0.2, 0.25) is 0 Å². The quantitative estimate of drug-likeness (QED) is 0.684. The van der Waals surface area contributed by atoms with Crippen LogP contribution in [0.25, 0.3) is 0 Å². The molecule has 0 fully saturated rings. The van der Waals surface area contributed by atoms with E-state index < -0.39 is 0 Å². The summed E-state index contributed by atoms with van der Waals surface area (Å²) in [4.78, 5) is 22.8. The maximum absolute atomic E-state index is 12.4. The van der Waals surface area contributed by atoms with Crippen molar-refractivity contribution >= 4 is 29.2 Å². The second-order valence-electron chi connectivity index (χ2n) is 5.60. The molecule has 1 amide bonds. The average Bonchev–Trinajstić information content (AvgIpc) is 3.22. The van der Waals surface area contributed by atoms with Gasteiger partial charge in [-0.05, 0) is 24.3 Å². The highest BCUT2D eigenvalue weighted by atomic mass is 32.2. The van der Waals surface area contributed by atoms with Gasteiger partial charge in [0.05, 0.1) is 11.4 Å². The molecule has 0 aliphatic rings. The molecule has 0 saturated carbocycles. The zero-order valence-corrected chi connectivity index (χ0v) is 15.1. The molecule has 7 nitrogen and oxygen atoms in total. The maximum atomic E-state index is 12.4. The number of carbonyl (C=O) groups excluding carboxylic acids is 1. The van der Waals surface area contributed by atoms with Gasteiger partial charge in [-0.25, -0.2) is 9.97 Å². The van der Waals surface area contributed by atoms with Crippen molar-refractivity contribution in [2.24, 2.45) is 7.05 Å². The van der Waals surface area contributed by atoms with Gasteiger partial charge in [0.15, 0.2) is 16.7 Å². The Labute approximate surface area is 150 Å². The van der Waals surface area contributed by atoms with Crippen molar-refractivity contribution in [3.8, 4) is 0 Å². The van der Waals surface area contributed by atoms with Crippen molar-refractivity contribution in [1.29, 1.82) is 0 Å². The molecule has 130 valence electrons. The fourth-order valence-electron chi connectivity index (χ4n) is 2.24. The SMILES string of the molecule is CN(C)c1ncccc1NC(=O)c1ccc(CSc2nccn2C)o1. The molecule has 3 rings (SSSR count). The zero-order chi connectivity index (χ0) is 17.8. The van der Waals surface area contributed by atoms with E-state index in [2.05, 4.69) is 15.3 Å². The number of pyridine rings is 1. The summed E-state index contributed by atoms with van der Waals surface area (Å²) in [5, 5.41) is 3.74. The number of thioether (sulfide) groups is 1. The molecule has 0 aliphatic heterocycles. The second-order valence-corrected chi connectivity index (χ2v) is 6.54. The summed E-state index contributed by atoms with van der Waals surface area (Å²) in [5.41, 5.74) is 0.637. The molecular weight excluding hydrogens is 338 g/mol. The maximum Gasteiger partial charge on any atom is 0.291 e. The Morgan fingerprint density at radius 1 is 1.28 bits per heavy atom. The summed E-state index contributed by atoms with van der Waals surface area (Å²) in [6, 6.07) is 7.07. The van der Waals surface area contributed by atoms with E-state index in [1.807, 2.05) is 36.8 Å². The molecule has 3 aromatic heterocycles. The number of hydrogen-bond donors (Lipinski definition) is 1. The van der Waals surface area contributed by atoms with Gasteiger partial charge in [0.1, 0.15) is 5.76 Å². The highest BCUT2D eigenvalue weighted by Crippen LogP contribution is 2.24. The van der Waals surface area contributed by atoms with Crippen LogP contribution in [0.15, 0.2) is 52.4 Å². The number of rotatable bonds is 6. The molecule has 0 saturated heterocycles. The second kappa shape index (κ2) is 7.43. The molecule has 0 radical (unpaired) electrons. The highest BCUT2D eigenvalue weighted by molar-refractivity contribution is 7.98. The third-order valence-electron chi connectivity index (χ3n) is 3.46. The van der Waals surface area contributed by atoms with Crippen LogP contribution in [0.5, 0.6) is 0 Å². The standard InChI is InChI=1S/C17H19N5O2S/c1-21(2)15-13(5-4-8-18-15)20-16(23)14-7-6-12(24-14)11-25-17-19-9-10-22(17)3/h4-10H,11H2,1-3H3,(H,20,23). The first-order valence-corrected chi connectivity index (χ1v) is 8.65. The monoisotopic (exact) mass is 357 g/mol. The molecular formula is C17H19N5O2S. The number of aromatic nitrogens is 3. The number of imidazole rings is 1. The number of carbonyl (C=O) groups is 1. The summed E-state index contributed by atoms with van der Waals surface area (Å²) in [5.74, 6) is 1.98. The average molecular weight is 357 g/mol. The molecule has 0 unspecified atom stereocenters. The van der Waals surface area contributed by atoms with Crippen molar-refractivity contribution in [3.05, 3.63) is 54.4 Å². The van der Waals surface area contributed by atoms with Crippen molar-refractivity contribution in [1.82, 2.24) is 14.5 Å². The van der Waals surface area contributed by atoms with E-state index in [-0.39, 0.29) is 11.7 Å². The number of hydrogen-bond acceptors (Lipinski definition) is 6. The highest BCUT2D eigenvalue weighted by Gasteiger charge is 2.15. The van der Waals surface area contributed by atoms with Gasteiger partial charge in [0, 0.05) is 39.7 Å². The lowest BCUT2D eigenvalue weighted by Crippen LogP contribution is -2.17. The van der Waals surface area contributed by atoms with Crippen LogP contribution in [0.1, 0.15) is 16.3 Å². The molecule has 0 atom stereocenters. The number of nitrogens with zero attached hydrogens (tertiary/aromatic N) is 4. The fourth-order valence-corrected chi connectivity index (χ4v) is 3.07. The van der Waals surface area contributed by atoms with E-state index in [0.29, 0.717) is 17.3 Å². The first-order chi connectivity index (χ1) is 12.0. The van der Waals surface area contributed by atoms with Gasteiger partial charge in [-0.2, -0.15) is 0 Å². The molecule has 0 aromatic carbocycles. The van der Waals surface area contributed by atoms with Gasteiger partial charge < -0.3 is 19.2 Å². The molecule has 1 N–H and O–H groups in total. The predicted octanol–water partition coefficient (Wildman–Crippen LogP) is 3.02. The van der Waals surface area contributed by atoms with Crippen LogP contribution < -0.4 is 10.2 Å². The smallest absolute Gasteiger partial charge is 0.291 e. The van der Waals surface area contributed by atoms with Crippen molar-refractivity contribution in [2.45, 2.75) is 10.9 Å². The number of nitrogens with one attached hydrogen (secondary N) is 1. The summed E-state index contributed by atoms with van der Waals surface area (Å²) >= 11 is 1.55. The number of anilines is 2. The van der Waals surface area contributed by atoms with Gasteiger partial charge in [-0.15, -0.1) is 0 Å². The van der Waals surface area contributed by atoms with Gasteiger partial charge in [0.2, 0.25) is 0 Å². The molecule has 0 aliphatic carbocycles. The van der Waals surface area contributed by atoms with Crippen molar-refractivity contribution < 1.29 is 9.21 Å². The van der Waals surface area contributed by atoms with E-state index in [1.54, 1.807) is 48.4 Å². The lowest BCUT2D eigenvalue weighted by atomic mass is 10.3. The Morgan fingerprint density at radius 3 is 2.84 bits per heavy atom. The molecule has 0 bridgehead atoms. The Bertz CT molecular complexity index is 871. The Kier molecular flexibility index (Phi) is 5.08. The van der Waals surface area contributed by atoms with Crippen LogP contribution in [0, 0.1) is 0 Å². The first-order valence-electron chi connectivity index (χ1n) is 7.67. The van der Waals surface area contributed by atoms with E-state index in [1.165, 1.54) is 0 Å². The van der Waals surface area contributed by atoms with Crippen LogP contribution in [-0.2, 0) is 12.8 Å². The number of furan rings is 1. The topological polar surface area (TPSA) is 76.2 Å². The molecule has 0 spiro atoms. The summed E-state index contributed by atoms with van der Waals surface area (Å²) < 4.78 is 7.59. The van der Waals surface area contributed by atoms with Gasteiger partial charge >= 0.3 is 0 Å². The number of amides is 1. The third-order valence-corrected chi connectivity index (χ3v) is 4.54. The first kappa shape index (κ1) is 17.1. The predicted molar refractivity (Wildman–Crippen MR) is 98.0 cm³/mol. The molecule has 3 heterocycles. The Hall–Kier alpha value is -2.74. The molecule has 25 heavy (non-hydrogen) atoms. The largest absolute Gasteiger partial charge is 0.455 e. The minimum absolute atomic E-state index is 0.268.